The first kappa shape index (κ1) is 24.3. The van der Waals surface area contributed by atoms with Crippen molar-refractivity contribution in [3.8, 4) is 0 Å². The van der Waals surface area contributed by atoms with Gasteiger partial charge in [-0.3, -0.25) is 15.2 Å². The Hall–Kier alpha value is -2.84. The molecule has 5 nitrogen and oxygen atoms in total. The predicted molar refractivity (Wildman–Crippen MR) is 128 cm³/mol. The minimum atomic E-state index is -4.67. The molecule has 2 aliphatic rings. The molecule has 178 valence electrons. The molecule has 0 spiro atoms. The van der Waals surface area contributed by atoms with Gasteiger partial charge in [0, 0.05) is 28.6 Å². The standard InChI is InChI=1S/C24H21Cl2F3N4O/c1-14-8-15(5-6-20(14)22(34)31-13-19-4-2-3-7-30-19)21-12-23(33-32-21,24(27,28)29)16-9-17(25)11-18(26)10-16/h2,4-6,8-11,33H,3,7,12-13H2,1H3,(H,31,34). The monoisotopic (exact) mass is 508 g/mol. The molecule has 2 aromatic carbocycles. The first-order chi connectivity index (χ1) is 16.1. The molecule has 0 saturated heterocycles. The third-order valence-corrected chi connectivity index (χ3v) is 6.25. The van der Waals surface area contributed by atoms with Gasteiger partial charge < -0.3 is 5.32 Å². The summed E-state index contributed by atoms with van der Waals surface area (Å²) in [5, 5.41) is 7.04. The summed E-state index contributed by atoms with van der Waals surface area (Å²) in [6, 6.07) is 8.68. The van der Waals surface area contributed by atoms with E-state index in [4.69, 9.17) is 23.2 Å². The van der Waals surface area contributed by atoms with Crippen molar-refractivity contribution < 1.29 is 18.0 Å². The molecule has 2 N–H and O–H groups in total. The van der Waals surface area contributed by atoms with Crippen molar-refractivity contribution in [3.05, 3.63) is 80.8 Å². The van der Waals surface area contributed by atoms with Crippen LogP contribution in [0, 0.1) is 6.92 Å². The highest BCUT2D eigenvalue weighted by Crippen LogP contribution is 2.46. The van der Waals surface area contributed by atoms with Gasteiger partial charge in [0.05, 0.1) is 18.0 Å². The van der Waals surface area contributed by atoms with Crippen LogP contribution in [-0.2, 0) is 5.54 Å². The Morgan fingerprint density at radius 3 is 2.53 bits per heavy atom. The van der Waals surface area contributed by atoms with Crippen LogP contribution in [-0.4, -0.2) is 36.6 Å². The number of dihydropyridines is 1. The van der Waals surface area contributed by atoms with Gasteiger partial charge in [-0.2, -0.15) is 18.3 Å². The molecule has 1 amide bonds. The largest absolute Gasteiger partial charge is 0.417 e. The molecule has 34 heavy (non-hydrogen) atoms. The molecule has 0 aliphatic carbocycles. The average molecular weight is 509 g/mol. The number of carbonyl (C=O) groups is 1. The van der Waals surface area contributed by atoms with Crippen LogP contribution in [0.15, 0.2) is 58.6 Å². The molecular weight excluding hydrogens is 488 g/mol. The van der Waals surface area contributed by atoms with Crippen molar-refractivity contribution in [1.29, 1.82) is 0 Å². The molecule has 2 aliphatic heterocycles. The maximum absolute atomic E-state index is 14.3. The zero-order valence-corrected chi connectivity index (χ0v) is 19.7. The highest BCUT2D eigenvalue weighted by atomic mass is 35.5. The van der Waals surface area contributed by atoms with Gasteiger partial charge >= 0.3 is 6.18 Å². The number of amides is 1. The Morgan fingerprint density at radius 1 is 1.18 bits per heavy atom. The van der Waals surface area contributed by atoms with Crippen LogP contribution in [0.25, 0.3) is 0 Å². The minimum Gasteiger partial charge on any atom is -0.346 e. The van der Waals surface area contributed by atoms with Crippen LogP contribution < -0.4 is 10.7 Å². The molecular formula is C24H21Cl2F3N4O. The van der Waals surface area contributed by atoms with Gasteiger partial charge in [0.1, 0.15) is 0 Å². The number of nitrogens with zero attached hydrogens (tertiary/aromatic N) is 2. The van der Waals surface area contributed by atoms with Gasteiger partial charge in [0.2, 0.25) is 0 Å². The summed E-state index contributed by atoms with van der Waals surface area (Å²) in [7, 11) is 0. The summed E-state index contributed by atoms with van der Waals surface area (Å²) in [6.45, 7) is 2.74. The van der Waals surface area contributed by atoms with Crippen molar-refractivity contribution in [3.63, 3.8) is 0 Å². The lowest BCUT2D eigenvalue weighted by molar-refractivity contribution is -0.196. The van der Waals surface area contributed by atoms with Crippen molar-refractivity contribution in [1.82, 2.24) is 10.7 Å². The predicted octanol–water partition coefficient (Wildman–Crippen LogP) is 5.59. The quantitative estimate of drug-likeness (QED) is 0.552. The smallest absolute Gasteiger partial charge is 0.346 e. The Morgan fingerprint density at radius 2 is 1.91 bits per heavy atom. The average Bonchev–Trinajstić information content (AvgIpc) is 3.25. The van der Waals surface area contributed by atoms with E-state index < -0.39 is 18.1 Å². The van der Waals surface area contributed by atoms with Gasteiger partial charge in [-0.05, 0) is 66.4 Å². The highest BCUT2D eigenvalue weighted by Gasteiger charge is 2.59. The van der Waals surface area contributed by atoms with E-state index in [1.54, 1.807) is 25.1 Å². The van der Waals surface area contributed by atoms with Crippen LogP contribution in [0.4, 0.5) is 13.2 Å². The van der Waals surface area contributed by atoms with Crippen molar-refractivity contribution in [2.75, 3.05) is 13.1 Å². The van der Waals surface area contributed by atoms with Gasteiger partial charge in [-0.15, -0.1) is 0 Å². The summed E-state index contributed by atoms with van der Waals surface area (Å²) < 4.78 is 42.8. The van der Waals surface area contributed by atoms with Crippen molar-refractivity contribution >= 4 is 40.5 Å². The molecule has 2 aromatic rings. The number of hydrogen-bond donors (Lipinski definition) is 2. The van der Waals surface area contributed by atoms with Gasteiger partial charge in [-0.1, -0.05) is 35.3 Å². The van der Waals surface area contributed by atoms with E-state index in [1.165, 1.54) is 18.2 Å². The number of halogens is 5. The lowest BCUT2D eigenvalue weighted by atomic mass is 9.84. The molecule has 1 unspecified atom stereocenters. The van der Waals surface area contributed by atoms with Gasteiger partial charge in [0.25, 0.3) is 5.91 Å². The van der Waals surface area contributed by atoms with Crippen molar-refractivity contribution in [2.45, 2.75) is 31.5 Å². The fourth-order valence-corrected chi connectivity index (χ4v) is 4.51. The summed E-state index contributed by atoms with van der Waals surface area (Å²) >= 11 is 11.9. The lowest BCUT2D eigenvalue weighted by Crippen LogP contribution is -2.49. The van der Waals surface area contributed by atoms with E-state index in [1.807, 2.05) is 12.2 Å². The van der Waals surface area contributed by atoms with E-state index in [0.29, 0.717) is 29.8 Å². The number of aliphatic imine (C=N–C) groups is 1. The number of nitrogens with one attached hydrogen (secondary N) is 2. The summed E-state index contributed by atoms with van der Waals surface area (Å²) in [6.07, 6.45) is -0.355. The summed E-state index contributed by atoms with van der Waals surface area (Å²) in [4.78, 5) is 17.0. The van der Waals surface area contributed by atoms with Crippen LogP contribution >= 0.6 is 23.2 Å². The normalized spacial score (nSPS) is 19.9. The lowest BCUT2D eigenvalue weighted by Gasteiger charge is -2.32. The highest BCUT2D eigenvalue weighted by molar-refractivity contribution is 6.34. The Bertz CT molecular complexity index is 1200. The summed E-state index contributed by atoms with van der Waals surface area (Å²) in [5.74, 6) is -0.282. The molecule has 0 fully saturated rings. The fraction of sp³-hybridized carbons (Fsp3) is 0.292. The maximum Gasteiger partial charge on any atom is 0.417 e. The molecule has 4 rings (SSSR count). The number of rotatable bonds is 5. The van der Waals surface area contributed by atoms with Gasteiger partial charge in [-0.25, -0.2) is 0 Å². The van der Waals surface area contributed by atoms with Crippen LogP contribution in [0.3, 0.4) is 0 Å². The number of alkyl halides is 3. The number of carbonyl (C=O) groups excluding carboxylic acids is 1. The van der Waals surface area contributed by atoms with E-state index in [-0.39, 0.29) is 27.2 Å². The van der Waals surface area contributed by atoms with Crippen LogP contribution in [0.1, 0.15) is 39.9 Å². The third-order valence-electron chi connectivity index (χ3n) is 5.81. The van der Waals surface area contributed by atoms with E-state index in [9.17, 15) is 18.0 Å². The Kier molecular flexibility index (Phi) is 6.73. The Labute approximate surface area is 204 Å². The molecule has 2 heterocycles. The van der Waals surface area contributed by atoms with Crippen LogP contribution in [0.5, 0.6) is 0 Å². The zero-order valence-electron chi connectivity index (χ0n) is 18.1. The van der Waals surface area contributed by atoms with E-state index in [2.05, 4.69) is 20.8 Å². The van der Waals surface area contributed by atoms with E-state index >= 15 is 0 Å². The second kappa shape index (κ2) is 9.43. The molecule has 0 saturated carbocycles. The molecule has 0 radical (unpaired) electrons. The fourth-order valence-electron chi connectivity index (χ4n) is 3.99. The third kappa shape index (κ3) is 4.83. The topological polar surface area (TPSA) is 65.8 Å². The second-order valence-corrected chi connectivity index (χ2v) is 9.06. The number of benzene rings is 2. The molecule has 10 heteroatoms. The molecule has 0 bridgehead atoms. The minimum absolute atomic E-state index is 0.0993. The molecule has 0 aromatic heterocycles. The number of aryl methyl sites for hydroxylation is 1. The van der Waals surface area contributed by atoms with Crippen molar-refractivity contribution in [2.24, 2.45) is 10.1 Å². The summed E-state index contributed by atoms with van der Waals surface area (Å²) in [5.41, 5.74) is 2.25. The zero-order chi connectivity index (χ0) is 24.5. The molecule has 1 atom stereocenters. The van der Waals surface area contributed by atoms with Crippen LogP contribution in [0.2, 0.25) is 10.0 Å². The Balaban J connectivity index is 1.54. The van der Waals surface area contributed by atoms with Gasteiger partial charge in [0.15, 0.2) is 5.54 Å². The van der Waals surface area contributed by atoms with E-state index in [0.717, 1.165) is 12.1 Å². The first-order valence-corrected chi connectivity index (χ1v) is 11.3. The first-order valence-electron chi connectivity index (χ1n) is 10.6. The SMILES string of the molecule is Cc1cc(C2=NNC(c3cc(Cl)cc(Cl)c3)(C(F)(F)F)C2)ccc1C(=O)NCC1=NCCC=C1. The number of hydrazone groups is 1. The number of hydrogen-bond acceptors (Lipinski definition) is 4. The second-order valence-electron chi connectivity index (χ2n) is 8.18. The maximum atomic E-state index is 14.3.